The smallest absolute Gasteiger partial charge is 0.369 e. The average Bonchev–Trinajstić information content (AvgIpc) is 2.86. The fraction of sp³-hybridized carbons (Fsp3) is 0.643. The molecule has 2 aromatic heterocycles. The van der Waals surface area contributed by atoms with Gasteiger partial charge in [-0.25, -0.2) is 9.97 Å². The summed E-state index contributed by atoms with van der Waals surface area (Å²) in [4.78, 5) is 12.3. The molecule has 0 fully saturated rings. The van der Waals surface area contributed by atoms with Gasteiger partial charge in [0.2, 0.25) is 5.95 Å². The number of nitrogens with zero attached hydrogens (tertiary/aromatic N) is 4. The SMILES string of the molecule is CCSc1nc(N)nc2c1ncn2CCOC(P)(CC(F)(F)F)CC(F)(F)F. The third-order valence-corrected chi connectivity index (χ3v) is 4.87. The number of hydrogen-bond acceptors (Lipinski definition) is 6. The molecule has 158 valence electrons. The molecule has 0 amide bonds. The number of anilines is 1. The van der Waals surface area contributed by atoms with Gasteiger partial charge in [-0.05, 0) is 5.75 Å². The van der Waals surface area contributed by atoms with E-state index in [1.165, 1.54) is 22.7 Å². The van der Waals surface area contributed by atoms with Gasteiger partial charge in [0.15, 0.2) is 5.65 Å². The van der Waals surface area contributed by atoms with E-state index in [2.05, 4.69) is 15.0 Å². The van der Waals surface area contributed by atoms with Gasteiger partial charge in [0.25, 0.3) is 0 Å². The van der Waals surface area contributed by atoms with Crippen molar-refractivity contribution in [3.63, 3.8) is 0 Å². The normalized spacial score (nSPS) is 13.4. The topological polar surface area (TPSA) is 78.9 Å². The fourth-order valence-corrected chi connectivity index (χ4v) is 3.82. The van der Waals surface area contributed by atoms with Crippen molar-refractivity contribution >= 4 is 38.1 Å². The summed E-state index contributed by atoms with van der Waals surface area (Å²) in [6, 6.07) is 0. The molecule has 0 radical (unpaired) electrons. The monoisotopic (exact) mass is 449 g/mol. The largest absolute Gasteiger partial charge is 0.392 e. The number of alkyl halides is 6. The molecule has 0 aromatic carbocycles. The van der Waals surface area contributed by atoms with Gasteiger partial charge in [0.1, 0.15) is 10.5 Å². The van der Waals surface area contributed by atoms with E-state index in [0.29, 0.717) is 21.9 Å². The van der Waals surface area contributed by atoms with Gasteiger partial charge >= 0.3 is 12.4 Å². The van der Waals surface area contributed by atoms with Crippen molar-refractivity contribution < 1.29 is 31.1 Å². The van der Waals surface area contributed by atoms with Gasteiger partial charge in [-0.1, -0.05) is 6.92 Å². The molecule has 2 heterocycles. The molecular weight excluding hydrogens is 431 g/mol. The minimum atomic E-state index is -4.82. The lowest BCUT2D eigenvalue weighted by atomic mass is 10.1. The Bertz CT molecular complexity index is 796. The molecular formula is C14H18F6N5OPS. The zero-order chi connectivity index (χ0) is 21.2. The van der Waals surface area contributed by atoms with E-state index in [1.54, 1.807) is 9.24 Å². The van der Waals surface area contributed by atoms with Gasteiger partial charge in [-0.3, -0.25) is 0 Å². The number of nitrogens with two attached hydrogens (primary N) is 1. The molecule has 2 aromatic rings. The first-order valence-electron chi connectivity index (χ1n) is 7.99. The molecule has 1 unspecified atom stereocenters. The van der Waals surface area contributed by atoms with Crippen LogP contribution in [0.15, 0.2) is 11.4 Å². The highest BCUT2D eigenvalue weighted by Crippen LogP contribution is 2.42. The van der Waals surface area contributed by atoms with Crippen molar-refractivity contribution in [1.82, 2.24) is 19.5 Å². The van der Waals surface area contributed by atoms with E-state index in [4.69, 9.17) is 10.5 Å². The number of hydrogen-bond donors (Lipinski definition) is 1. The van der Waals surface area contributed by atoms with Crippen LogP contribution in [0.1, 0.15) is 19.8 Å². The van der Waals surface area contributed by atoms with Crippen LogP contribution in [0.4, 0.5) is 32.3 Å². The van der Waals surface area contributed by atoms with Gasteiger partial charge in [0, 0.05) is 6.54 Å². The van der Waals surface area contributed by atoms with Crippen molar-refractivity contribution in [2.45, 2.75) is 49.0 Å². The van der Waals surface area contributed by atoms with Crippen LogP contribution in [0.5, 0.6) is 0 Å². The van der Waals surface area contributed by atoms with Crippen LogP contribution < -0.4 is 5.73 Å². The lowest BCUT2D eigenvalue weighted by Gasteiger charge is -2.31. The Labute approximate surface area is 162 Å². The highest BCUT2D eigenvalue weighted by Gasteiger charge is 2.47. The standard InChI is InChI=1S/C14H18F6N5OPS/c1-2-28-10-8-9(23-11(21)24-10)25(7-22-8)3-4-26-12(27,5-13(15,16)17)6-14(18,19)20/h7H,2-6,27H2,1H3,(H2,21,23,24). The molecule has 0 saturated carbocycles. The second kappa shape index (κ2) is 8.58. The van der Waals surface area contributed by atoms with Crippen molar-refractivity contribution in [2.75, 3.05) is 18.1 Å². The number of rotatable bonds is 8. The molecule has 0 aliphatic rings. The summed E-state index contributed by atoms with van der Waals surface area (Å²) >= 11 is 1.38. The van der Waals surface area contributed by atoms with Crippen LogP contribution in [0.2, 0.25) is 0 Å². The highest BCUT2D eigenvalue weighted by molar-refractivity contribution is 7.99. The van der Waals surface area contributed by atoms with Crippen LogP contribution in [0.3, 0.4) is 0 Å². The fourth-order valence-electron chi connectivity index (χ4n) is 2.53. The van der Waals surface area contributed by atoms with Crippen molar-refractivity contribution in [3.05, 3.63) is 6.33 Å². The molecule has 2 rings (SSSR count). The van der Waals surface area contributed by atoms with E-state index in [-0.39, 0.29) is 12.5 Å². The lowest BCUT2D eigenvalue weighted by Crippen LogP contribution is -2.37. The maximum Gasteiger partial charge on any atom is 0.392 e. The maximum atomic E-state index is 12.7. The summed E-state index contributed by atoms with van der Waals surface area (Å²) in [6.45, 7) is 1.43. The summed E-state index contributed by atoms with van der Waals surface area (Å²) in [5, 5.41) is -1.97. The summed E-state index contributed by atoms with van der Waals surface area (Å²) < 4.78 is 82.6. The molecule has 28 heavy (non-hydrogen) atoms. The molecule has 0 bridgehead atoms. The second-order valence-electron chi connectivity index (χ2n) is 5.93. The summed E-state index contributed by atoms with van der Waals surface area (Å²) in [6.07, 6.45) is -11.8. The van der Waals surface area contributed by atoms with Crippen LogP contribution >= 0.6 is 21.0 Å². The third-order valence-electron chi connectivity index (χ3n) is 3.45. The Balaban J connectivity index is 2.15. The zero-order valence-corrected chi connectivity index (χ0v) is 16.6. The minimum Gasteiger partial charge on any atom is -0.369 e. The predicted molar refractivity (Wildman–Crippen MR) is 95.9 cm³/mol. The van der Waals surface area contributed by atoms with E-state index in [1.807, 2.05) is 6.92 Å². The number of thioether (sulfide) groups is 1. The summed E-state index contributed by atoms with van der Waals surface area (Å²) in [7, 11) is 1.55. The predicted octanol–water partition coefficient (Wildman–Crippen LogP) is 4.01. The number of nitrogen functional groups attached to an aromatic ring is 1. The number of imidazole rings is 1. The van der Waals surface area contributed by atoms with Crippen LogP contribution in [-0.4, -0.2) is 49.6 Å². The molecule has 6 nitrogen and oxygen atoms in total. The summed E-state index contributed by atoms with van der Waals surface area (Å²) in [5.74, 6) is 0.687. The Morgan fingerprint density at radius 1 is 1.14 bits per heavy atom. The van der Waals surface area contributed by atoms with Crippen LogP contribution in [0.25, 0.3) is 11.2 Å². The van der Waals surface area contributed by atoms with Crippen LogP contribution in [0, 0.1) is 0 Å². The van der Waals surface area contributed by atoms with Crippen molar-refractivity contribution in [3.8, 4) is 0 Å². The first-order valence-corrected chi connectivity index (χ1v) is 9.56. The number of ether oxygens (including phenoxy) is 1. The Hall–Kier alpha value is -1.33. The van der Waals surface area contributed by atoms with E-state index < -0.39 is 37.1 Å². The van der Waals surface area contributed by atoms with Crippen molar-refractivity contribution in [2.24, 2.45) is 0 Å². The quantitative estimate of drug-likeness (QED) is 0.284. The second-order valence-corrected chi connectivity index (χ2v) is 8.23. The molecule has 1 atom stereocenters. The molecule has 14 heteroatoms. The number of aromatic nitrogens is 4. The van der Waals surface area contributed by atoms with E-state index in [9.17, 15) is 26.3 Å². The van der Waals surface area contributed by atoms with Gasteiger partial charge in [-0.15, -0.1) is 21.0 Å². The first kappa shape index (κ1) is 23.0. The first-order chi connectivity index (χ1) is 12.8. The lowest BCUT2D eigenvalue weighted by molar-refractivity contribution is -0.205. The zero-order valence-electron chi connectivity index (χ0n) is 14.6. The molecule has 0 spiro atoms. The Morgan fingerprint density at radius 2 is 1.75 bits per heavy atom. The van der Waals surface area contributed by atoms with E-state index in [0.717, 1.165) is 0 Å². The number of halogens is 6. The highest BCUT2D eigenvalue weighted by atomic mass is 32.2. The molecule has 0 aliphatic heterocycles. The molecule has 2 N–H and O–H groups in total. The van der Waals surface area contributed by atoms with Gasteiger partial charge < -0.3 is 15.0 Å². The van der Waals surface area contributed by atoms with Crippen molar-refractivity contribution in [1.29, 1.82) is 0 Å². The summed E-state index contributed by atoms with van der Waals surface area (Å²) in [5.41, 5.74) is 6.43. The Kier molecular flexibility index (Phi) is 7.03. The van der Waals surface area contributed by atoms with Gasteiger partial charge in [0.05, 0.1) is 31.1 Å². The van der Waals surface area contributed by atoms with Crippen LogP contribution in [-0.2, 0) is 11.3 Å². The average molecular weight is 449 g/mol. The van der Waals surface area contributed by atoms with E-state index >= 15 is 0 Å². The number of fused-ring (bicyclic) bond motifs is 1. The minimum absolute atomic E-state index is 0.0133. The molecule has 0 aliphatic carbocycles. The van der Waals surface area contributed by atoms with Gasteiger partial charge in [-0.2, -0.15) is 31.3 Å². The molecule has 0 saturated heterocycles. The Morgan fingerprint density at radius 3 is 2.29 bits per heavy atom. The third kappa shape index (κ3) is 6.63. The maximum absolute atomic E-state index is 12.7.